The Morgan fingerprint density at radius 1 is 1.67 bits per heavy atom. The molecule has 4 heteroatoms. The molecule has 0 saturated carbocycles. The standard InChI is InChI=1S/C8H7ClFNO/c9-7-4-6(2-1-3-12)8(10)11-5-7/h3-5H,1-2H2. The second kappa shape index (κ2) is 4.16. The van der Waals surface area contributed by atoms with E-state index < -0.39 is 5.95 Å². The van der Waals surface area contributed by atoms with Crippen molar-refractivity contribution < 1.29 is 9.18 Å². The zero-order chi connectivity index (χ0) is 8.97. The van der Waals surface area contributed by atoms with Crippen molar-refractivity contribution in [1.29, 1.82) is 0 Å². The van der Waals surface area contributed by atoms with E-state index in [1.165, 1.54) is 12.3 Å². The average Bonchev–Trinajstić information content (AvgIpc) is 2.07. The quantitative estimate of drug-likeness (QED) is 0.535. The maximum absolute atomic E-state index is 12.8. The fraction of sp³-hybridized carbons (Fsp3) is 0.250. The van der Waals surface area contributed by atoms with Crippen molar-refractivity contribution in [2.24, 2.45) is 0 Å². The predicted molar refractivity (Wildman–Crippen MR) is 43.6 cm³/mol. The van der Waals surface area contributed by atoms with Gasteiger partial charge in [0.2, 0.25) is 5.95 Å². The first-order valence-electron chi connectivity index (χ1n) is 3.47. The molecule has 0 aliphatic heterocycles. The monoisotopic (exact) mass is 187 g/mol. The van der Waals surface area contributed by atoms with E-state index in [-0.39, 0.29) is 0 Å². The number of aromatic nitrogens is 1. The van der Waals surface area contributed by atoms with Crippen LogP contribution in [0.1, 0.15) is 12.0 Å². The SMILES string of the molecule is O=CCCc1cc(Cl)cnc1F. The molecule has 0 atom stereocenters. The highest BCUT2D eigenvalue weighted by atomic mass is 35.5. The van der Waals surface area contributed by atoms with Gasteiger partial charge in [0.1, 0.15) is 6.29 Å². The normalized spacial score (nSPS) is 9.83. The Balaban J connectivity index is 2.82. The van der Waals surface area contributed by atoms with Gasteiger partial charge in [-0.1, -0.05) is 11.6 Å². The van der Waals surface area contributed by atoms with Gasteiger partial charge in [-0.05, 0) is 12.5 Å². The number of nitrogens with zero attached hydrogens (tertiary/aromatic N) is 1. The second-order valence-electron chi connectivity index (χ2n) is 2.31. The molecule has 2 nitrogen and oxygen atoms in total. The topological polar surface area (TPSA) is 30.0 Å². The molecule has 0 aliphatic rings. The van der Waals surface area contributed by atoms with Crippen LogP contribution < -0.4 is 0 Å². The fourth-order valence-electron chi connectivity index (χ4n) is 0.854. The Kier molecular flexibility index (Phi) is 3.17. The Bertz CT molecular complexity index is 290. The minimum atomic E-state index is -0.554. The van der Waals surface area contributed by atoms with Crippen molar-refractivity contribution in [3.8, 4) is 0 Å². The number of hydrogen-bond donors (Lipinski definition) is 0. The lowest BCUT2D eigenvalue weighted by Gasteiger charge is -1.98. The minimum absolute atomic E-state index is 0.291. The number of rotatable bonds is 3. The molecule has 0 N–H and O–H groups in total. The third-order valence-electron chi connectivity index (χ3n) is 1.41. The zero-order valence-electron chi connectivity index (χ0n) is 6.26. The van der Waals surface area contributed by atoms with Crippen LogP contribution in [0.4, 0.5) is 4.39 Å². The highest BCUT2D eigenvalue weighted by Gasteiger charge is 2.03. The van der Waals surface area contributed by atoms with Gasteiger partial charge in [0, 0.05) is 18.2 Å². The molecule has 0 aliphatic carbocycles. The van der Waals surface area contributed by atoms with Gasteiger partial charge in [0.25, 0.3) is 0 Å². The van der Waals surface area contributed by atoms with Crippen molar-refractivity contribution in [2.75, 3.05) is 0 Å². The van der Waals surface area contributed by atoms with Gasteiger partial charge in [-0.3, -0.25) is 0 Å². The first-order valence-corrected chi connectivity index (χ1v) is 3.85. The van der Waals surface area contributed by atoms with Gasteiger partial charge in [-0.2, -0.15) is 4.39 Å². The molecular weight excluding hydrogens is 181 g/mol. The highest BCUT2D eigenvalue weighted by molar-refractivity contribution is 6.30. The summed E-state index contributed by atoms with van der Waals surface area (Å²) in [5, 5.41) is 0.386. The maximum atomic E-state index is 12.8. The van der Waals surface area contributed by atoms with Crippen LogP contribution in [0.5, 0.6) is 0 Å². The summed E-state index contributed by atoms with van der Waals surface area (Å²) < 4.78 is 12.8. The van der Waals surface area contributed by atoms with Crippen LogP contribution in [0.2, 0.25) is 5.02 Å². The lowest BCUT2D eigenvalue weighted by atomic mass is 10.2. The van der Waals surface area contributed by atoms with E-state index >= 15 is 0 Å². The van der Waals surface area contributed by atoms with E-state index in [0.29, 0.717) is 23.4 Å². The van der Waals surface area contributed by atoms with E-state index in [2.05, 4.69) is 4.98 Å². The lowest BCUT2D eigenvalue weighted by molar-refractivity contribution is -0.107. The summed E-state index contributed by atoms with van der Waals surface area (Å²) in [4.78, 5) is 13.4. The molecule has 0 amide bonds. The first kappa shape index (κ1) is 9.13. The van der Waals surface area contributed by atoms with E-state index in [1.807, 2.05) is 0 Å². The Morgan fingerprint density at radius 2 is 2.42 bits per heavy atom. The van der Waals surface area contributed by atoms with Crippen LogP contribution in [-0.4, -0.2) is 11.3 Å². The molecule has 0 unspecified atom stereocenters. The van der Waals surface area contributed by atoms with Crippen molar-refractivity contribution in [3.63, 3.8) is 0 Å². The van der Waals surface area contributed by atoms with E-state index in [4.69, 9.17) is 11.6 Å². The largest absolute Gasteiger partial charge is 0.303 e. The summed E-state index contributed by atoms with van der Waals surface area (Å²) >= 11 is 5.58. The minimum Gasteiger partial charge on any atom is -0.303 e. The molecule has 0 fully saturated rings. The van der Waals surface area contributed by atoms with Crippen molar-refractivity contribution in [1.82, 2.24) is 4.98 Å². The van der Waals surface area contributed by atoms with Gasteiger partial charge < -0.3 is 4.79 Å². The first-order chi connectivity index (χ1) is 5.74. The highest BCUT2D eigenvalue weighted by Crippen LogP contribution is 2.13. The number of aldehydes is 1. The third kappa shape index (κ3) is 2.27. The van der Waals surface area contributed by atoms with E-state index in [1.54, 1.807) is 0 Å². The van der Waals surface area contributed by atoms with Crippen LogP contribution in [0.15, 0.2) is 12.3 Å². The van der Waals surface area contributed by atoms with Crippen LogP contribution in [0.3, 0.4) is 0 Å². The number of carbonyl (C=O) groups excluding carboxylic acids is 1. The number of aryl methyl sites for hydroxylation is 1. The molecule has 0 aromatic carbocycles. The Hall–Kier alpha value is -0.960. The molecule has 1 heterocycles. The molecule has 1 aromatic heterocycles. The van der Waals surface area contributed by atoms with Crippen LogP contribution in [0, 0.1) is 5.95 Å². The summed E-state index contributed by atoms with van der Waals surface area (Å²) in [6.07, 6.45) is 2.61. The molecule has 1 aromatic rings. The van der Waals surface area contributed by atoms with Gasteiger partial charge >= 0.3 is 0 Å². The Labute approximate surface area is 74.4 Å². The van der Waals surface area contributed by atoms with Gasteiger partial charge in [0.15, 0.2) is 0 Å². The van der Waals surface area contributed by atoms with Crippen LogP contribution in [0.25, 0.3) is 0 Å². The molecule has 0 bridgehead atoms. The summed E-state index contributed by atoms with van der Waals surface area (Å²) in [6, 6.07) is 1.48. The Morgan fingerprint density at radius 3 is 3.08 bits per heavy atom. The van der Waals surface area contributed by atoms with Crippen molar-refractivity contribution in [3.05, 3.63) is 28.8 Å². The maximum Gasteiger partial charge on any atom is 0.216 e. The molecule has 0 spiro atoms. The number of halogens is 2. The molecule has 0 radical (unpaired) electrons. The lowest BCUT2D eigenvalue weighted by Crippen LogP contribution is -1.94. The van der Waals surface area contributed by atoms with E-state index in [0.717, 1.165) is 6.29 Å². The number of pyridine rings is 1. The number of carbonyl (C=O) groups is 1. The van der Waals surface area contributed by atoms with Crippen molar-refractivity contribution >= 4 is 17.9 Å². The summed E-state index contributed by atoms with van der Waals surface area (Å²) in [7, 11) is 0. The predicted octanol–water partition coefficient (Wildman–Crippen LogP) is 2.01. The second-order valence-corrected chi connectivity index (χ2v) is 2.75. The molecule has 64 valence electrons. The van der Waals surface area contributed by atoms with Gasteiger partial charge in [-0.15, -0.1) is 0 Å². The van der Waals surface area contributed by atoms with Gasteiger partial charge in [0.05, 0.1) is 5.02 Å². The smallest absolute Gasteiger partial charge is 0.216 e. The molecule has 1 rings (SSSR count). The summed E-state index contributed by atoms with van der Waals surface area (Å²) in [5.41, 5.74) is 0.384. The zero-order valence-corrected chi connectivity index (χ0v) is 7.01. The van der Waals surface area contributed by atoms with E-state index in [9.17, 15) is 9.18 Å². The van der Waals surface area contributed by atoms with Crippen molar-refractivity contribution in [2.45, 2.75) is 12.8 Å². The van der Waals surface area contributed by atoms with Crippen LogP contribution >= 0.6 is 11.6 Å². The fourth-order valence-corrected chi connectivity index (χ4v) is 1.03. The molecular formula is C8H7ClFNO. The third-order valence-corrected chi connectivity index (χ3v) is 1.62. The summed E-state index contributed by atoms with van der Waals surface area (Å²) in [6.45, 7) is 0. The average molecular weight is 188 g/mol. The van der Waals surface area contributed by atoms with Crippen LogP contribution in [-0.2, 0) is 11.2 Å². The number of hydrogen-bond acceptors (Lipinski definition) is 2. The molecule has 0 saturated heterocycles. The van der Waals surface area contributed by atoms with Gasteiger partial charge in [-0.25, -0.2) is 4.98 Å². The summed E-state index contributed by atoms with van der Waals surface area (Å²) in [5.74, 6) is -0.554. The molecule has 12 heavy (non-hydrogen) atoms.